The van der Waals surface area contributed by atoms with Crippen LogP contribution in [0.25, 0.3) is 11.4 Å². The molecule has 1 aromatic heterocycles. The van der Waals surface area contributed by atoms with E-state index in [0.29, 0.717) is 28.7 Å². The van der Waals surface area contributed by atoms with E-state index in [2.05, 4.69) is 15.5 Å². The number of aryl methyl sites for hydroxylation is 1. The molecule has 148 valence electrons. The van der Waals surface area contributed by atoms with Crippen molar-refractivity contribution in [3.8, 4) is 11.4 Å². The summed E-state index contributed by atoms with van der Waals surface area (Å²) in [6, 6.07) is 11.1. The van der Waals surface area contributed by atoms with Gasteiger partial charge < -0.3 is 14.7 Å². The third kappa shape index (κ3) is 3.97. The van der Waals surface area contributed by atoms with E-state index in [0.717, 1.165) is 0 Å². The summed E-state index contributed by atoms with van der Waals surface area (Å²) in [7, 11) is 0. The van der Waals surface area contributed by atoms with Crippen molar-refractivity contribution in [2.45, 2.75) is 13.3 Å². The molecule has 0 saturated carbocycles. The average Bonchev–Trinajstić information content (AvgIpc) is 3.31. The zero-order chi connectivity index (χ0) is 20.5. The van der Waals surface area contributed by atoms with Gasteiger partial charge in [-0.1, -0.05) is 28.9 Å². The van der Waals surface area contributed by atoms with Crippen molar-refractivity contribution in [1.29, 1.82) is 0 Å². The summed E-state index contributed by atoms with van der Waals surface area (Å²) in [6.45, 7) is 1.93. The van der Waals surface area contributed by atoms with Gasteiger partial charge in [0.1, 0.15) is 5.82 Å². The summed E-state index contributed by atoms with van der Waals surface area (Å²) in [6.07, 6.45) is 0.0757. The molecule has 0 unspecified atom stereocenters. The van der Waals surface area contributed by atoms with E-state index in [1.54, 1.807) is 30.0 Å². The van der Waals surface area contributed by atoms with Crippen molar-refractivity contribution in [3.63, 3.8) is 0 Å². The maximum atomic E-state index is 13.3. The summed E-state index contributed by atoms with van der Waals surface area (Å²) in [4.78, 5) is 30.8. The number of rotatable bonds is 4. The molecule has 0 radical (unpaired) electrons. The van der Waals surface area contributed by atoms with Crippen LogP contribution in [-0.2, 0) is 9.59 Å². The molecule has 1 saturated heterocycles. The Balaban J connectivity index is 1.49. The van der Waals surface area contributed by atoms with Gasteiger partial charge in [0.05, 0.1) is 10.9 Å². The normalized spacial score (nSPS) is 16.3. The molecular formula is C20H16ClFN4O3. The van der Waals surface area contributed by atoms with Crippen LogP contribution in [0.3, 0.4) is 0 Å². The molecule has 1 atom stereocenters. The van der Waals surface area contributed by atoms with E-state index in [1.807, 2.05) is 6.07 Å². The molecule has 3 aromatic rings. The van der Waals surface area contributed by atoms with Gasteiger partial charge in [0.15, 0.2) is 0 Å². The van der Waals surface area contributed by atoms with Crippen molar-refractivity contribution in [1.82, 2.24) is 10.1 Å². The fourth-order valence-corrected chi connectivity index (χ4v) is 3.36. The Bertz CT molecular complexity index is 1100. The van der Waals surface area contributed by atoms with Gasteiger partial charge in [-0.25, -0.2) is 4.39 Å². The number of nitrogens with zero attached hydrogens (tertiary/aromatic N) is 3. The molecule has 1 fully saturated rings. The lowest BCUT2D eigenvalue weighted by molar-refractivity contribution is -0.122. The van der Waals surface area contributed by atoms with Gasteiger partial charge >= 0.3 is 0 Å². The molecule has 0 aliphatic carbocycles. The van der Waals surface area contributed by atoms with Crippen LogP contribution >= 0.6 is 11.6 Å². The van der Waals surface area contributed by atoms with Crippen LogP contribution in [0.4, 0.5) is 15.8 Å². The summed E-state index contributed by atoms with van der Waals surface area (Å²) >= 11 is 5.74. The SMILES string of the molecule is Cc1nc(-c2cccc(N3C[C@H](C(=O)Nc4ccc(F)c(Cl)c4)CC3=O)c2)no1. The van der Waals surface area contributed by atoms with Crippen LogP contribution in [-0.4, -0.2) is 28.5 Å². The fraction of sp³-hybridized carbons (Fsp3) is 0.200. The largest absolute Gasteiger partial charge is 0.339 e. The highest BCUT2D eigenvalue weighted by molar-refractivity contribution is 6.31. The molecule has 7 nitrogen and oxygen atoms in total. The quantitative estimate of drug-likeness (QED) is 0.701. The molecule has 1 aliphatic rings. The molecule has 1 aliphatic heterocycles. The number of hydrogen-bond acceptors (Lipinski definition) is 5. The van der Waals surface area contributed by atoms with E-state index < -0.39 is 11.7 Å². The van der Waals surface area contributed by atoms with Crippen molar-refractivity contribution in [3.05, 3.63) is 59.2 Å². The van der Waals surface area contributed by atoms with Crippen molar-refractivity contribution >= 4 is 34.8 Å². The van der Waals surface area contributed by atoms with E-state index >= 15 is 0 Å². The second-order valence-corrected chi connectivity index (χ2v) is 7.12. The van der Waals surface area contributed by atoms with Crippen LogP contribution in [0, 0.1) is 18.7 Å². The Kier molecular flexibility index (Phi) is 5.02. The lowest BCUT2D eigenvalue weighted by Gasteiger charge is -2.17. The number of nitrogens with one attached hydrogen (secondary N) is 1. The Morgan fingerprint density at radius 3 is 2.86 bits per heavy atom. The first-order valence-electron chi connectivity index (χ1n) is 8.88. The first-order chi connectivity index (χ1) is 13.9. The lowest BCUT2D eigenvalue weighted by Crippen LogP contribution is -2.28. The summed E-state index contributed by atoms with van der Waals surface area (Å²) in [5.74, 6) is -0.720. The van der Waals surface area contributed by atoms with Gasteiger partial charge in [0, 0.05) is 36.8 Å². The van der Waals surface area contributed by atoms with Gasteiger partial charge in [0.25, 0.3) is 0 Å². The number of anilines is 2. The molecule has 9 heteroatoms. The Labute approximate surface area is 170 Å². The maximum absolute atomic E-state index is 13.3. The van der Waals surface area contributed by atoms with E-state index in [1.165, 1.54) is 18.2 Å². The van der Waals surface area contributed by atoms with Crippen molar-refractivity contribution in [2.75, 3.05) is 16.8 Å². The predicted octanol–water partition coefficient (Wildman–Crippen LogP) is 3.83. The molecule has 1 N–H and O–H groups in total. The van der Waals surface area contributed by atoms with E-state index in [9.17, 15) is 14.0 Å². The van der Waals surface area contributed by atoms with Crippen LogP contribution in [0.5, 0.6) is 0 Å². The third-order valence-corrected chi connectivity index (χ3v) is 4.92. The Morgan fingerprint density at radius 1 is 1.31 bits per heavy atom. The molecule has 0 spiro atoms. The number of benzene rings is 2. The maximum Gasteiger partial charge on any atom is 0.229 e. The minimum Gasteiger partial charge on any atom is -0.339 e. The number of amides is 2. The van der Waals surface area contributed by atoms with Gasteiger partial charge in [0.2, 0.25) is 23.5 Å². The standard InChI is InChI=1S/C20H16ClFN4O3/c1-11-23-19(25-29-11)12-3-2-4-15(7-12)26-10-13(8-18(26)27)20(28)24-14-5-6-17(22)16(21)9-14/h2-7,9,13H,8,10H2,1H3,(H,24,28)/t13-/m1/s1. The van der Waals surface area contributed by atoms with Crippen LogP contribution in [0.15, 0.2) is 47.0 Å². The fourth-order valence-electron chi connectivity index (χ4n) is 3.18. The Morgan fingerprint density at radius 2 is 2.14 bits per heavy atom. The minimum absolute atomic E-state index is 0.0757. The highest BCUT2D eigenvalue weighted by Crippen LogP contribution is 2.29. The number of carbonyl (C=O) groups excluding carboxylic acids is 2. The summed E-state index contributed by atoms with van der Waals surface area (Å²) < 4.78 is 18.3. The van der Waals surface area contributed by atoms with Crippen LogP contribution < -0.4 is 10.2 Å². The molecule has 4 rings (SSSR count). The van der Waals surface area contributed by atoms with E-state index in [-0.39, 0.29) is 29.8 Å². The average molecular weight is 415 g/mol. The van der Waals surface area contributed by atoms with E-state index in [4.69, 9.17) is 16.1 Å². The van der Waals surface area contributed by atoms with Crippen LogP contribution in [0.2, 0.25) is 5.02 Å². The summed E-state index contributed by atoms with van der Waals surface area (Å²) in [5, 5.41) is 6.49. The first kappa shape index (κ1) is 19.1. The van der Waals surface area contributed by atoms with Crippen molar-refractivity contribution in [2.24, 2.45) is 5.92 Å². The van der Waals surface area contributed by atoms with Crippen LogP contribution in [0.1, 0.15) is 12.3 Å². The van der Waals surface area contributed by atoms with Gasteiger partial charge in [-0.3, -0.25) is 9.59 Å². The first-order valence-corrected chi connectivity index (χ1v) is 9.25. The minimum atomic E-state index is -0.566. The molecule has 2 aromatic carbocycles. The second-order valence-electron chi connectivity index (χ2n) is 6.71. The van der Waals surface area contributed by atoms with Crippen molar-refractivity contribution < 1.29 is 18.5 Å². The third-order valence-electron chi connectivity index (χ3n) is 4.63. The highest BCUT2D eigenvalue weighted by Gasteiger charge is 2.35. The molecule has 2 amide bonds. The topological polar surface area (TPSA) is 88.3 Å². The second kappa shape index (κ2) is 7.63. The molecule has 29 heavy (non-hydrogen) atoms. The number of carbonyl (C=O) groups is 2. The van der Waals surface area contributed by atoms with Gasteiger partial charge in [-0.2, -0.15) is 4.98 Å². The summed E-state index contributed by atoms with van der Waals surface area (Å²) in [5.41, 5.74) is 1.73. The highest BCUT2D eigenvalue weighted by atomic mass is 35.5. The molecular weight excluding hydrogens is 399 g/mol. The number of aromatic nitrogens is 2. The zero-order valence-corrected chi connectivity index (χ0v) is 16.1. The molecule has 0 bridgehead atoms. The smallest absolute Gasteiger partial charge is 0.229 e. The number of halogens is 2. The van der Waals surface area contributed by atoms with Gasteiger partial charge in [-0.15, -0.1) is 0 Å². The lowest BCUT2D eigenvalue weighted by atomic mass is 10.1. The monoisotopic (exact) mass is 414 g/mol. The Hall–Kier alpha value is -3.26. The zero-order valence-electron chi connectivity index (χ0n) is 15.4. The predicted molar refractivity (Wildman–Crippen MR) is 105 cm³/mol. The number of hydrogen-bond donors (Lipinski definition) is 1. The van der Waals surface area contributed by atoms with Gasteiger partial charge in [-0.05, 0) is 30.3 Å². The molecule has 2 heterocycles.